The molecule has 1 amide bonds. The zero-order valence-corrected chi connectivity index (χ0v) is 9.75. The summed E-state index contributed by atoms with van der Waals surface area (Å²) >= 11 is 0. The van der Waals surface area contributed by atoms with E-state index in [1.165, 1.54) is 0 Å². The van der Waals surface area contributed by atoms with Crippen molar-refractivity contribution in [2.75, 3.05) is 19.6 Å². The number of aromatic nitrogens is 2. The molecular formula is C10H18N4O2. The minimum atomic E-state index is 0.0728. The Morgan fingerprint density at radius 2 is 2.25 bits per heavy atom. The van der Waals surface area contributed by atoms with Crippen molar-refractivity contribution in [3.8, 4) is 0 Å². The average Bonchev–Trinajstić information content (AvgIpc) is 2.64. The summed E-state index contributed by atoms with van der Waals surface area (Å²) in [5.74, 6) is 1.35. The molecule has 2 N–H and O–H groups in total. The molecule has 1 rings (SSSR count). The van der Waals surface area contributed by atoms with Gasteiger partial charge in [0, 0.05) is 32.5 Å². The number of rotatable bonds is 7. The van der Waals surface area contributed by atoms with E-state index in [1.54, 1.807) is 6.92 Å². The van der Waals surface area contributed by atoms with Crippen molar-refractivity contribution in [1.29, 1.82) is 0 Å². The van der Waals surface area contributed by atoms with Gasteiger partial charge >= 0.3 is 0 Å². The summed E-state index contributed by atoms with van der Waals surface area (Å²) in [5.41, 5.74) is 0. The molecule has 0 radical (unpaired) electrons. The van der Waals surface area contributed by atoms with Crippen LogP contribution < -0.4 is 10.6 Å². The molecule has 0 bridgehead atoms. The summed E-state index contributed by atoms with van der Waals surface area (Å²) in [7, 11) is 0. The Kier molecular flexibility index (Phi) is 5.49. The van der Waals surface area contributed by atoms with Gasteiger partial charge in [0.2, 0.25) is 11.8 Å². The van der Waals surface area contributed by atoms with E-state index in [4.69, 9.17) is 4.52 Å². The second-order valence-corrected chi connectivity index (χ2v) is 3.44. The lowest BCUT2D eigenvalue weighted by atomic mass is 10.3. The highest BCUT2D eigenvalue weighted by Crippen LogP contribution is 1.95. The van der Waals surface area contributed by atoms with Gasteiger partial charge in [0.1, 0.15) is 0 Å². The molecular weight excluding hydrogens is 208 g/mol. The van der Waals surface area contributed by atoms with E-state index in [-0.39, 0.29) is 5.91 Å². The molecule has 0 fully saturated rings. The maximum Gasteiger partial charge on any atom is 0.227 e. The lowest BCUT2D eigenvalue weighted by molar-refractivity contribution is -0.120. The summed E-state index contributed by atoms with van der Waals surface area (Å²) in [6, 6.07) is 0. The van der Waals surface area contributed by atoms with Crippen LogP contribution in [0.15, 0.2) is 4.52 Å². The summed E-state index contributed by atoms with van der Waals surface area (Å²) in [6.45, 7) is 5.78. The van der Waals surface area contributed by atoms with Crippen molar-refractivity contribution in [3.05, 3.63) is 11.7 Å². The molecule has 0 saturated heterocycles. The minimum absolute atomic E-state index is 0.0728. The van der Waals surface area contributed by atoms with Crippen LogP contribution in [0, 0.1) is 6.92 Å². The van der Waals surface area contributed by atoms with Crippen LogP contribution in [0.25, 0.3) is 0 Å². The van der Waals surface area contributed by atoms with Gasteiger partial charge < -0.3 is 15.2 Å². The first-order valence-electron chi connectivity index (χ1n) is 5.49. The van der Waals surface area contributed by atoms with E-state index in [1.807, 2.05) is 6.92 Å². The molecule has 0 aliphatic heterocycles. The smallest absolute Gasteiger partial charge is 0.227 e. The topological polar surface area (TPSA) is 80.0 Å². The number of carbonyl (C=O) groups is 1. The largest absolute Gasteiger partial charge is 0.356 e. The van der Waals surface area contributed by atoms with Gasteiger partial charge in [-0.15, -0.1) is 0 Å². The molecule has 0 aliphatic carbocycles. The van der Waals surface area contributed by atoms with Crippen LogP contribution in [0.2, 0.25) is 0 Å². The van der Waals surface area contributed by atoms with Gasteiger partial charge in [-0.2, -0.15) is 4.98 Å². The molecule has 90 valence electrons. The van der Waals surface area contributed by atoms with E-state index in [9.17, 15) is 4.79 Å². The summed E-state index contributed by atoms with van der Waals surface area (Å²) in [5, 5.41) is 9.57. The van der Waals surface area contributed by atoms with Crippen LogP contribution in [0.1, 0.15) is 25.1 Å². The van der Waals surface area contributed by atoms with Crippen LogP contribution in [0.3, 0.4) is 0 Å². The van der Waals surface area contributed by atoms with Crippen molar-refractivity contribution < 1.29 is 9.32 Å². The van der Waals surface area contributed by atoms with Gasteiger partial charge in [0.25, 0.3) is 0 Å². The van der Waals surface area contributed by atoms with Crippen molar-refractivity contribution in [2.24, 2.45) is 0 Å². The van der Waals surface area contributed by atoms with Gasteiger partial charge in [-0.05, 0) is 13.8 Å². The van der Waals surface area contributed by atoms with Crippen LogP contribution in [-0.2, 0) is 11.2 Å². The molecule has 1 heterocycles. The maximum absolute atomic E-state index is 11.1. The number of nitrogens with one attached hydrogen (secondary N) is 2. The lowest BCUT2D eigenvalue weighted by Crippen LogP contribution is -2.28. The second kappa shape index (κ2) is 6.95. The SMILES string of the molecule is CCNC(=O)CCNCCc1nc(C)no1. The second-order valence-electron chi connectivity index (χ2n) is 3.44. The number of hydrogen-bond acceptors (Lipinski definition) is 5. The lowest BCUT2D eigenvalue weighted by Gasteiger charge is -2.03. The Labute approximate surface area is 94.8 Å². The Balaban J connectivity index is 2.02. The average molecular weight is 226 g/mol. The molecule has 0 atom stereocenters. The Hall–Kier alpha value is -1.43. The first-order chi connectivity index (χ1) is 7.72. The van der Waals surface area contributed by atoms with Crippen LogP contribution in [0.4, 0.5) is 0 Å². The van der Waals surface area contributed by atoms with Crippen molar-refractivity contribution in [3.63, 3.8) is 0 Å². The number of aryl methyl sites for hydroxylation is 1. The maximum atomic E-state index is 11.1. The summed E-state index contributed by atoms with van der Waals surface area (Å²) < 4.78 is 4.95. The zero-order valence-electron chi connectivity index (χ0n) is 9.75. The third-order valence-corrected chi connectivity index (χ3v) is 1.99. The molecule has 16 heavy (non-hydrogen) atoms. The van der Waals surface area contributed by atoms with Crippen LogP contribution in [-0.4, -0.2) is 35.7 Å². The van der Waals surface area contributed by atoms with Crippen molar-refractivity contribution in [2.45, 2.75) is 26.7 Å². The fourth-order valence-electron chi connectivity index (χ4n) is 1.25. The molecule has 0 spiro atoms. The molecule has 0 saturated carbocycles. The molecule has 6 nitrogen and oxygen atoms in total. The highest BCUT2D eigenvalue weighted by atomic mass is 16.5. The van der Waals surface area contributed by atoms with Gasteiger partial charge in [-0.3, -0.25) is 4.79 Å². The first kappa shape index (κ1) is 12.6. The Morgan fingerprint density at radius 3 is 2.88 bits per heavy atom. The fraction of sp³-hybridized carbons (Fsp3) is 0.700. The highest BCUT2D eigenvalue weighted by molar-refractivity contribution is 5.75. The fourth-order valence-corrected chi connectivity index (χ4v) is 1.25. The summed E-state index contributed by atoms with van der Waals surface area (Å²) in [4.78, 5) is 15.2. The number of nitrogens with zero attached hydrogens (tertiary/aromatic N) is 2. The van der Waals surface area contributed by atoms with Gasteiger partial charge in [0.05, 0.1) is 0 Å². The normalized spacial score (nSPS) is 10.4. The van der Waals surface area contributed by atoms with Gasteiger partial charge in [0.15, 0.2) is 5.82 Å². The Morgan fingerprint density at radius 1 is 1.44 bits per heavy atom. The zero-order chi connectivity index (χ0) is 11.8. The van der Waals surface area contributed by atoms with E-state index in [0.717, 1.165) is 6.54 Å². The molecule has 0 aromatic carbocycles. The molecule has 0 unspecified atom stereocenters. The van der Waals surface area contributed by atoms with Gasteiger partial charge in [-0.1, -0.05) is 5.16 Å². The number of hydrogen-bond donors (Lipinski definition) is 2. The van der Waals surface area contributed by atoms with Crippen molar-refractivity contribution in [1.82, 2.24) is 20.8 Å². The van der Waals surface area contributed by atoms with E-state index < -0.39 is 0 Å². The first-order valence-corrected chi connectivity index (χ1v) is 5.49. The predicted molar refractivity (Wildman–Crippen MR) is 58.9 cm³/mol. The van der Waals surface area contributed by atoms with E-state index in [2.05, 4.69) is 20.8 Å². The number of carbonyl (C=O) groups excluding carboxylic acids is 1. The highest BCUT2D eigenvalue weighted by Gasteiger charge is 2.02. The molecule has 1 aromatic rings. The van der Waals surface area contributed by atoms with E-state index in [0.29, 0.717) is 37.6 Å². The third-order valence-electron chi connectivity index (χ3n) is 1.99. The quantitative estimate of drug-likeness (QED) is 0.641. The monoisotopic (exact) mass is 226 g/mol. The molecule has 0 aliphatic rings. The van der Waals surface area contributed by atoms with Crippen LogP contribution >= 0.6 is 0 Å². The van der Waals surface area contributed by atoms with E-state index >= 15 is 0 Å². The molecule has 1 aromatic heterocycles. The molecule has 6 heteroatoms. The predicted octanol–water partition coefficient (Wildman–Crippen LogP) is 0.0363. The number of amides is 1. The third kappa shape index (κ3) is 4.88. The minimum Gasteiger partial charge on any atom is -0.356 e. The van der Waals surface area contributed by atoms with Crippen molar-refractivity contribution >= 4 is 5.91 Å². The Bertz CT molecular complexity index is 324. The van der Waals surface area contributed by atoms with Gasteiger partial charge in [-0.25, -0.2) is 0 Å². The van der Waals surface area contributed by atoms with Crippen LogP contribution in [0.5, 0.6) is 0 Å². The standard InChI is InChI=1S/C10H18N4O2/c1-3-12-9(15)4-6-11-7-5-10-13-8(2)14-16-10/h11H,3-7H2,1-2H3,(H,12,15). The summed E-state index contributed by atoms with van der Waals surface area (Å²) in [6.07, 6.45) is 1.19.